The van der Waals surface area contributed by atoms with Crippen molar-refractivity contribution in [2.24, 2.45) is 0 Å². The number of rotatable bonds is 4. The molecule has 2 N–H and O–H groups in total. The molecular weight excluding hydrogens is 272 g/mol. The lowest BCUT2D eigenvalue weighted by atomic mass is 9.99. The molecule has 1 rings (SSSR count). The number of ether oxygens (including phenoxy) is 1. The fourth-order valence-corrected chi connectivity index (χ4v) is 2.25. The number of carbonyl (C=O) groups is 2. The number of likely N-dealkylation sites (tertiary alicyclic amines) is 1. The number of alkyl carbamates (subject to hydrolysis) is 1. The maximum atomic E-state index is 11.9. The van der Waals surface area contributed by atoms with Crippen LogP contribution in [0.25, 0.3) is 0 Å². The van der Waals surface area contributed by atoms with Gasteiger partial charge in [0.25, 0.3) is 0 Å². The van der Waals surface area contributed by atoms with Crippen LogP contribution in [0.15, 0.2) is 0 Å². The molecule has 0 radical (unpaired) electrons. The van der Waals surface area contributed by atoms with Gasteiger partial charge in [0.2, 0.25) is 0 Å². The average molecular weight is 296 g/mol. The lowest BCUT2D eigenvalue weighted by Crippen LogP contribution is -2.57. The van der Waals surface area contributed by atoms with E-state index in [0.717, 1.165) is 0 Å². The highest BCUT2D eigenvalue weighted by Crippen LogP contribution is 2.23. The minimum atomic E-state index is -1.28. The molecule has 21 heavy (non-hydrogen) atoms. The SMILES string of the molecule is CC#CCCN1CCC(NC(=O)OC(C)(C)C)(C(=O)O)C1. The topological polar surface area (TPSA) is 78.9 Å². The second-order valence-corrected chi connectivity index (χ2v) is 6.22. The number of nitrogens with one attached hydrogen (secondary N) is 1. The van der Waals surface area contributed by atoms with Crippen molar-refractivity contribution in [2.45, 2.75) is 51.7 Å². The fourth-order valence-electron chi connectivity index (χ4n) is 2.25. The van der Waals surface area contributed by atoms with Gasteiger partial charge in [0.1, 0.15) is 5.60 Å². The van der Waals surface area contributed by atoms with Crippen LogP contribution in [0.1, 0.15) is 40.5 Å². The number of hydrogen-bond donors (Lipinski definition) is 2. The van der Waals surface area contributed by atoms with Crippen molar-refractivity contribution in [3.8, 4) is 11.8 Å². The molecular formula is C15H24N2O4. The van der Waals surface area contributed by atoms with Crippen molar-refractivity contribution in [3.05, 3.63) is 0 Å². The van der Waals surface area contributed by atoms with Gasteiger partial charge < -0.3 is 15.2 Å². The summed E-state index contributed by atoms with van der Waals surface area (Å²) in [6, 6.07) is 0. The van der Waals surface area contributed by atoms with Gasteiger partial charge in [0.05, 0.1) is 0 Å². The molecule has 1 fully saturated rings. The van der Waals surface area contributed by atoms with Gasteiger partial charge in [0.15, 0.2) is 5.54 Å². The first-order chi connectivity index (χ1) is 9.68. The zero-order valence-electron chi connectivity index (χ0n) is 13.2. The Morgan fingerprint density at radius 3 is 2.62 bits per heavy atom. The molecule has 118 valence electrons. The number of carboxylic acids is 1. The molecule has 1 aliphatic heterocycles. The van der Waals surface area contributed by atoms with Crippen molar-refractivity contribution in [3.63, 3.8) is 0 Å². The van der Waals surface area contributed by atoms with Crippen LogP contribution < -0.4 is 5.32 Å². The van der Waals surface area contributed by atoms with E-state index in [9.17, 15) is 14.7 Å². The number of nitrogens with zero attached hydrogens (tertiary/aromatic N) is 1. The van der Waals surface area contributed by atoms with E-state index in [1.54, 1.807) is 27.7 Å². The molecule has 0 spiro atoms. The third kappa shape index (κ3) is 5.27. The van der Waals surface area contributed by atoms with E-state index in [2.05, 4.69) is 17.2 Å². The Hall–Kier alpha value is -1.74. The Balaban J connectivity index is 2.66. The molecule has 0 aromatic carbocycles. The third-order valence-electron chi connectivity index (χ3n) is 3.23. The first kappa shape index (κ1) is 17.3. The molecule has 0 saturated carbocycles. The Kier molecular flexibility index (Phi) is 5.62. The number of carbonyl (C=O) groups excluding carboxylic acids is 1. The molecule has 0 aliphatic carbocycles. The van der Waals surface area contributed by atoms with Crippen LogP contribution >= 0.6 is 0 Å². The molecule has 1 amide bonds. The van der Waals surface area contributed by atoms with Gasteiger partial charge in [-0.2, -0.15) is 0 Å². The van der Waals surface area contributed by atoms with E-state index in [-0.39, 0.29) is 6.54 Å². The number of aliphatic carboxylic acids is 1. The Morgan fingerprint density at radius 1 is 1.43 bits per heavy atom. The lowest BCUT2D eigenvalue weighted by Gasteiger charge is -2.28. The smallest absolute Gasteiger partial charge is 0.408 e. The van der Waals surface area contributed by atoms with E-state index in [1.807, 2.05) is 4.90 Å². The third-order valence-corrected chi connectivity index (χ3v) is 3.23. The number of carboxylic acid groups (broad SMARTS) is 1. The van der Waals surface area contributed by atoms with Crippen LogP contribution in [0, 0.1) is 11.8 Å². The van der Waals surface area contributed by atoms with Crippen LogP contribution in [0.2, 0.25) is 0 Å². The Labute approximate surface area is 125 Å². The molecule has 1 saturated heterocycles. The fraction of sp³-hybridized carbons (Fsp3) is 0.733. The van der Waals surface area contributed by atoms with Crippen LogP contribution in [0.4, 0.5) is 4.79 Å². The van der Waals surface area contributed by atoms with Gasteiger partial charge in [0, 0.05) is 26.1 Å². The normalized spacial score (nSPS) is 22.3. The zero-order chi connectivity index (χ0) is 16.1. The zero-order valence-corrected chi connectivity index (χ0v) is 13.2. The highest BCUT2D eigenvalue weighted by atomic mass is 16.6. The molecule has 0 aromatic rings. The van der Waals surface area contributed by atoms with Gasteiger partial charge in [-0.25, -0.2) is 9.59 Å². The molecule has 6 heteroatoms. The molecule has 0 bridgehead atoms. The summed E-state index contributed by atoms with van der Waals surface area (Å²) in [5, 5.41) is 12.0. The predicted molar refractivity (Wildman–Crippen MR) is 78.9 cm³/mol. The minimum absolute atomic E-state index is 0.271. The van der Waals surface area contributed by atoms with Crippen molar-refractivity contribution in [2.75, 3.05) is 19.6 Å². The monoisotopic (exact) mass is 296 g/mol. The van der Waals surface area contributed by atoms with Crippen LogP contribution in [-0.4, -0.2) is 52.8 Å². The van der Waals surface area contributed by atoms with Crippen LogP contribution in [0.3, 0.4) is 0 Å². The van der Waals surface area contributed by atoms with Gasteiger partial charge in [-0.1, -0.05) is 0 Å². The molecule has 1 unspecified atom stereocenters. The maximum absolute atomic E-state index is 11.9. The summed E-state index contributed by atoms with van der Waals surface area (Å²) in [6.07, 6.45) is 0.361. The van der Waals surface area contributed by atoms with Crippen molar-refractivity contribution in [1.29, 1.82) is 0 Å². The molecule has 6 nitrogen and oxygen atoms in total. The second kappa shape index (κ2) is 6.81. The summed E-state index contributed by atoms with van der Waals surface area (Å²) >= 11 is 0. The van der Waals surface area contributed by atoms with E-state index in [1.165, 1.54) is 0 Å². The first-order valence-corrected chi connectivity index (χ1v) is 7.05. The van der Waals surface area contributed by atoms with Crippen molar-refractivity contribution >= 4 is 12.1 Å². The standard InChI is InChI=1S/C15H24N2O4/c1-5-6-7-9-17-10-8-15(11-17,12(18)19)16-13(20)21-14(2,3)4/h7-11H2,1-4H3,(H,16,20)(H,18,19). The average Bonchev–Trinajstić information content (AvgIpc) is 2.71. The van der Waals surface area contributed by atoms with Crippen molar-refractivity contribution in [1.82, 2.24) is 10.2 Å². The first-order valence-electron chi connectivity index (χ1n) is 7.05. The second-order valence-electron chi connectivity index (χ2n) is 6.22. The predicted octanol–water partition coefficient (Wildman–Crippen LogP) is 1.45. The van der Waals surface area contributed by atoms with Gasteiger partial charge in [-0.15, -0.1) is 11.8 Å². The van der Waals surface area contributed by atoms with Crippen molar-refractivity contribution < 1.29 is 19.4 Å². The minimum Gasteiger partial charge on any atom is -0.479 e. The van der Waals surface area contributed by atoms with Gasteiger partial charge >= 0.3 is 12.1 Å². The summed E-state index contributed by atoms with van der Waals surface area (Å²) in [5.74, 6) is 4.73. The highest BCUT2D eigenvalue weighted by molar-refractivity contribution is 5.85. The quantitative estimate of drug-likeness (QED) is 0.768. The summed E-state index contributed by atoms with van der Waals surface area (Å²) in [4.78, 5) is 25.4. The largest absolute Gasteiger partial charge is 0.479 e. The van der Waals surface area contributed by atoms with E-state index < -0.39 is 23.2 Å². The Bertz CT molecular complexity index is 459. The van der Waals surface area contributed by atoms with Crippen LogP contribution in [-0.2, 0) is 9.53 Å². The summed E-state index contributed by atoms with van der Waals surface area (Å²) in [5.41, 5.74) is -1.93. The lowest BCUT2D eigenvalue weighted by molar-refractivity contribution is -0.144. The Morgan fingerprint density at radius 2 is 2.10 bits per heavy atom. The van der Waals surface area contributed by atoms with Crippen LogP contribution in [0.5, 0.6) is 0 Å². The maximum Gasteiger partial charge on any atom is 0.408 e. The molecule has 1 atom stereocenters. The van der Waals surface area contributed by atoms with E-state index in [0.29, 0.717) is 25.9 Å². The highest BCUT2D eigenvalue weighted by Gasteiger charge is 2.46. The van der Waals surface area contributed by atoms with E-state index in [4.69, 9.17) is 4.74 Å². The summed E-state index contributed by atoms with van der Waals surface area (Å²) in [6.45, 7) is 8.58. The molecule has 0 aromatic heterocycles. The summed E-state index contributed by atoms with van der Waals surface area (Å²) in [7, 11) is 0. The van der Waals surface area contributed by atoms with Gasteiger partial charge in [-0.3, -0.25) is 4.90 Å². The number of hydrogen-bond acceptors (Lipinski definition) is 4. The summed E-state index contributed by atoms with van der Waals surface area (Å²) < 4.78 is 5.15. The number of amides is 1. The van der Waals surface area contributed by atoms with E-state index >= 15 is 0 Å². The molecule has 1 aliphatic rings. The van der Waals surface area contributed by atoms with Gasteiger partial charge in [-0.05, 0) is 34.1 Å². The molecule has 1 heterocycles.